The number of halogens is 1. The molecule has 2 aliphatic rings. The second-order valence-electron chi connectivity index (χ2n) is 8.51. The van der Waals surface area contributed by atoms with Crippen LogP contribution in [0.25, 0.3) is 22.2 Å². The molecule has 1 unspecified atom stereocenters. The number of aromatic nitrogens is 3. The monoisotopic (exact) mass is 439 g/mol. The maximum atomic E-state index is 14.8. The molecule has 0 amide bonds. The topological polar surface area (TPSA) is 83.7 Å². The molecule has 1 N–H and O–H groups in total. The highest BCUT2D eigenvalue weighted by Crippen LogP contribution is 2.33. The zero-order valence-electron chi connectivity index (χ0n) is 18.0. The van der Waals surface area contributed by atoms with Gasteiger partial charge in [0, 0.05) is 44.4 Å². The summed E-state index contributed by atoms with van der Waals surface area (Å²) in [6.07, 6.45) is 1.67. The summed E-state index contributed by atoms with van der Waals surface area (Å²) < 4.78 is 21.6. The molecule has 32 heavy (non-hydrogen) atoms. The molecule has 2 aliphatic heterocycles. The third-order valence-electron chi connectivity index (χ3n) is 6.31. The molecule has 168 valence electrons. The van der Waals surface area contributed by atoms with Crippen molar-refractivity contribution < 1.29 is 14.2 Å². The van der Waals surface area contributed by atoms with Crippen LogP contribution in [-0.4, -0.2) is 71.3 Å². The zero-order chi connectivity index (χ0) is 22.3. The molecule has 0 spiro atoms. The minimum atomic E-state index is -1.70. The lowest BCUT2D eigenvalue weighted by molar-refractivity contribution is 0.0909. The Balaban J connectivity index is 1.57. The van der Waals surface area contributed by atoms with E-state index in [9.17, 15) is 14.3 Å². The van der Waals surface area contributed by atoms with Crippen LogP contribution in [0.4, 0.5) is 15.9 Å². The quantitative estimate of drug-likeness (QED) is 0.663. The van der Waals surface area contributed by atoms with E-state index in [1.165, 1.54) is 10.9 Å². The van der Waals surface area contributed by atoms with Crippen molar-refractivity contribution in [1.82, 2.24) is 14.5 Å². The van der Waals surface area contributed by atoms with Gasteiger partial charge in [0.15, 0.2) is 5.67 Å². The van der Waals surface area contributed by atoms with E-state index in [0.717, 1.165) is 37.6 Å². The summed E-state index contributed by atoms with van der Waals surface area (Å²) in [7, 11) is 1.63. The van der Waals surface area contributed by atoms with E-state index in [0.29, 0.717) is 29.0 Å². The molecule has 1 atom stereocenters. The number of hydrogen-bond donors (Lipinski definition) is 1. The van der Waals surface area contributed by atoms with E-state index >= 15 is 0 Å². The standard InChI is InChI=1S/C23H26FN5O3/c1-27-15-25-19-12-18(16-2-4-17(5-3-16)28-8-10-32-11-9-28)26-21(20(19)22(27)31)29-7-6-23(24,13-29)14-30/h2-5,12,15,30H,6-11,13-14H2,1H3. The van der Waals surface area contributed by atoms with Crippen LogP contribution in [0.5, 0.6) is 0 Å². The Morgan fingerprint density at radius 2 is 1.91 bits per heavy atom. The van der Waals surface area contributed by atoms with Crippen LogP contribution in [0, 0.1) is 0 Å². The van der Waals surface area contributed by atoms with Gasteiger partial charge in [-0.1, -0.05) is 12.1 Å². The van der Waals surface area contributed by atoms with Crippen molar-refractivity contribution in [3.8, 4) is 11.3 Å². The van der Waals surface area contributed by atoms with Gasteiger partial charge in [0.05, 0.1) is 43.9 Å². The molecule has 2 aromatic heterocycles. The van der Waals surface area contributed by atoms with Crippen LogP contribution in [0.3, 0.4) is 0 Å². The maximum Gasteiger partial charge on any atom is 0.264 e. The SMILES string of the molecule is Cn1cnc2cc(-c3ccc(N4CCOCC4)cc3)nc(N3CCC(F)(CO)C3)c2c1=O. The first-order chi connectivity index (χ1) is 15.5. The lowest BCUT2D eigenvalue weighted by Crippen LogP contribution is -2.36. The first kappa shape index (κ1) is 20.8. The maximum absolute atomic E-state index is 14.8. The van der Waals surface area contributed by atoms with Crippen LogP contribution in [0.2, 0.25) is 0 Å². The fourth-order valence-electron chi connectivity index (χ4n) is 4.39. The normalized spacial score (nSPS) is 21.5. The number of ether oxygens (including phenoxy) is 1. The Bertz CT molecular complexity index is 1190. The molecular formula is C23H26FN5O3. The Labute approximate surface area is 184 Å². The van der Waals surface area contributed by atoms with E-state index in [1.807, 2.05) is 12.1 Å². The van der Waals surface area contributed by atoms with Gasteiger partial charge in [-0.3, -0.25) is 4.79 Å². The highest BCUT2D eigenvalue weighted by Gasteiger charge is 2.39. The predicted octanol–water partition coefficient (Wildman–Crippen LogP) is 1.74. The lowest BCUT2D eigenvalue weighted by atomic mass is 10.1. The molecule has 0 aliphatic carbocycles. The molecule has 9 heteroatoms. The number of benzene rings is 1. The third kappa shape index (κ3) is 3.71. The summed E-state index contributed by atoms with van der Waals surface area (Å²) in [6, 6.07) is 9.91. The number of alkyl halides is 1. The number of rotatable bonds is 4. The van der Waals surface area contributed by atoms with E-state index in [4.69, 9.17) is 9.72 Å². The Hall–Kier alpha value is -3.04. The number of aryl methyl sites for hydroxylation is 1. The van der Waals surface area contributed by atoms with Crippen molar-refractivity contribution in [2.75, 3.05) is 55.8 Å². The summed E-state index contributed by atoms with van der Waals surface area (Å²) in [5.41, 5.74) is 1.27. The largest absolute Gasteiger partial charge is 0.393 e. The highest BCUT2D eigenvalue weighted by molar-refractivity contribution is 5.92. The fourth-order valence-corrected chi connectivity index (χ4v) is 4.39. The molecule has 0 radical (unpaired) electrons. The highest BCUT2D eigenvalue weighted by atomic mass is 19.1. The predicted molar refractivity (Wildman–Crippen MR) is 121 cm³/mol. The average molecular weight is 439 g/mol. The first-order valence-electron chi connectivity index (χ1n) is 10.8. The summed E-state index contributed by atoms with van der Waals surface area (Å²) >= 11 is 0. The Kier molecular flexibility index (Phi) is 5.30. The van der Waals surface area contributed by atoms with Gasteiger partial charge >= 0.3 is 0 Å². The van der Waals surface area contributed by atoms with Crippen LogP contribution in [0.15, 0.2) is 41.5 Å². The third-order valence-corrected chi connectivity index (χ3v) is 6.31. The van der Waals surface area contributed by atoms with Crippen molar-refractivity contribution in [3.05, 3.63) is 47.0 Å². The number of morpholine rings is 1. The number of anilines is 2. The van der Waals surface area contributed by atoms with Crippen LogP contribution < -0.4 is 15.4 Å². The number of aliphatic hydroxyl groups is 1. The molecule has 0 saturated carbocycles. The minimum Gasteiger partial charge on any atom is -0.393 e. The van der Waals surface area contributed by atoms with Crippen molar-refractivity contribution in [3.63, 3.8) is 0 Å². The smallest absolute Gasteiger partial charge is 0.264 e. The molecule has 8 nitrogen and oxygen atoms in total. The number of hydrogen-bond acceptors (Lipinski definition) is 7. The molecule has 2 fully saturated rings. The van der Waals surface area contributed by atoms with Gasteiger partial charge in [-0.05, 0) is 18.2 Å². The van der Waals surface area contributed by atoms with E-state index < -0.39 is 12.3 Å². The van der Waals surface area contributed by atoms with Crippen molar-refractivity contribution in [1.29, 1.82) is 0 Å². The van der Waals surface area contributed by atoms with Crippen molar-refractivity contribution >= 4 is 22.4 Å². The summed E-state index contributed by atoms with van der Waals surface area (Å²) in [6.45, 7) is 2.96. The van der Waals surface area contributed by atoms with Crippen LogP contribution in [-0.2, 0) is 11.8 Å². The lowest BCUT2D eigenvalue weighted by Gasteiger charge is -2.29. The minimum absolute atomic E-state index is 0.0108. The number of fused-ring (bicyclic) bond motifs is 1. The van der Waals surface area contributed by atoms with E-state index in [1.54, 1.807) is 18.0 Å². The van der Waals surface area contributed by atoms with Crippen LogP contribution >= 0.6 is 0 Å². The van der Waals surface area contributed by atoms with Gasteiger partial charge < -0.3 is 24.2 Å². The fraction of sp³-hybridized carbons (Fsp3) is 0.435. The molecule has 5 rings (SSSR count). The van der Waals surface area contributed by atoms with Gasteiger partial charge in [0.1, 0.15) is 11.2 Å². The summed E-state index contributed by atoms with van der Waals surface area (Å²) in [5.74, 6) is 0.413. The van der Waals surface area contributed by atoms with Gasteiger partial charge in [-0.2, -0.15) is 0 Å². The zero-order valence-corrected chi connectivity index (χ0v) is 18.0. The second kappa shape index (κ2) is 8.14. The van der Waals surface area contributed by atoms with Gasteiger partial charge in [0.2, 0.25) is 0 Å². The average Bonchev–Trinajstić information content (AvgIpc) is 3.24. The molecule has 0 bridgehead atoms. The van der Waals surface area contributed by atoms with E-state index in [-0.39, 0.29) is 18.5 Å². The molecule has 4 heterocycles. The molecule has 2 saturated heterocycles. The second-order valence-corrected chi connectivity index (χ2v) is 8.51. The molecule has 1 aromatic carbocycles. The Morgan fingerprint density at radius 3 is 2.59 bits per heavy atom. The van der Waals surface area contributed by atoms with Gasteiger partial charge in [-0.15, -0.1) is 0 Å². The number of aliphatic hydroxyl groups excluding tert-OH is 1. The summed E-state index contributed by atoms with van der Waals surface area (Å²) in [4.78, 5) is 26.1. The Morgan fingerprint density at radius 1 is 1.16 bits per heavy atom. The number of nitrogens with zero attached hydrogens (tertiary/aromatic N) is 5. The molecule has 3 aromatic rings. The number of pyridine rings is 1. The molecular weight excluding hydrogens is 413 g/mol. The summed E-state index contributed by atoms with van der Waals surface area (Å²) in [5, 5.41) is 9.82. The van der Waals surface area contributed by atoms with Gasteiger partial charge in [0.25, 0.3) is 5.56 Å². The van der Waals surface area contributed by atoms with E-state index in [2.05, 4.69) is 22.0 Å². The van der Waals surface area contributed by atoms with Crippen molar-refractivity contribution in [2.24, 2.45) is 7.05 Å². The van der Waals surface area contributed by atoms with Crippen LogP contribution in [0.1, 0.15) is 6.42 Å². The van der Waals surface area contributed by atoms with Crippen molar-refractivity contribution in [2.45, 2.75) is 12.1 Å². The van der Waals surface area contributed by atoms with Gasteiger partial charge in [-0.25, -0.2) is 14.4 Å². The first-order valence-corrected chi connectivity index (χ1v) is 10.8.